The van der Waals surface area contributed by atoms with Crippen LogP contribution >= 0.6 is 11.8 Å². The zero-order valence-corrected chi connectivity index (χ0v) is 11.6. The molecule has 0 fully saturated rings. The van der Waals surface area contributed by atoms with Gasteiger partial charge >= 0.3 is 0 Å². The average molecular weight is 290 g/mol. The Morgan fingerprint density at radius 3 is 1.42 bits per heavy atom. The van der Waals surface area contributed by atoms with Gasteiger partial charge in [0.2, 0.25) is 23.6 Å². The van der Waals surface area contributed by atoms with Crippen LogP contribution < -0.4 is 22.1 Å². The number of nitrogens with one attached hydrogen (secondary N) is 2. The van der Waals surface area contributed by atoms with Crippen molar-refractivity contribution in [3.63, 3.8) is 0 Å². The summed E-state index contributed by atoms with van der Waals surface area (Å²) < 4.78 is 0. The first-order valence-corrected chi connectivity index (χ1v) is 6.60. The lowest BCUT2D eigenvalue weighted by Crippen LogP contribution is -2.47. The summed E-state index contributed by atoms with van der Waals surface area (Å²) in [5.74, 6) is -1.71. The molecule has 0 aliphatic heterocycles. The molecule has 0 aliphatic carbocycles. The summed E-state index contributed by atoms with van der Waals surface area (Å²) in [6.45, 7) is 2.54. The maximum Gasteiger partial charge on any atom is 0.240 e. The van der Waals surface area contributed by atoms with Crippen LogP contribution in [0.1, 0.15) is 13.8 Å². The highest BCUT2D eigenvalue weighted by Gasteiger charge is 2.20. The highest BCUT2D eigenvalue weighted by atomic mass is 32.2. The smallest absolute Gasteiger partial charge is 0.240 e. The Kier molecular flexibility index (Phi) is 7.57. The summed E-state index contributed by atoms with van der Waals surface area (Å²) in [6, 6.07) is -1.65. The van der Waals surface area contributed by atoms with Crippen LogP contribution in [0, 0.1) is 0 Å². The molecule has 0 heterocycles. The van der Waals surface area contributed by atoms with Gasteiger partial charge in [0.15, 0.2) is 0 Å². The summed E-state index contributed by atoms with van der Waals surface area (Å²) in [6.07, 6.45) is 0. The third-order valence-electron chi connectivity index (χ3n) is 2.01. The van der Waals surface area contributed by atoms with Crippen LogP contribution in [-0.2, 0) is 19.2 Å². The minimum atomic E-state index is -0.826. The van der Waals surface area contributed by atoms with Crippen molar-refractivity contribution >= 4 is 35.4 Å². The van der Waals surface area contributed by atoms with Gasteiger partial charge in [0.25, 0.3) is 0 Å². The van der Waals surface area contributed by atoms with Gasteiger partial charge in [-0.15, -0.1) is 0 Å². The molecular weight excluding hydrogens is 272 g/mol. The number of nitrogens with two attached hydrogens (primary N) is 2. The first-order valence-electron chi connectivity index (χ1n) is 5.44. The molecule has 0 radical (unpaired) electrons. The van der Waals surface area contributed by atoms with Crippen molar-refractivity contribution < 1.29 is 19.2 Å². The van der Waals surface area contributed by atoms with Gasteiger partial charge in [-0.1, -0.05) is 0 Å². The third kappa shape index (κ3) is 8.03. The van der Waals surface area contributed by atoms with E-state index >= 15 is 0 Å². The van der Waals surface area contributed by atoms with Crippen molar-refractivity contribution in [1.29, 1.82) is 0 Å². The van der Waals surface area contributed by atoms with Crippen LogP contribution in [-0.4, -0.2) is 47.2 Å². The number of amides is 4. The van der Waals surface area contributed by atoms with Crippen LogP contribution in [0.3, 0.4) is 0 Å². The predicted molar refractivity (Wildman–Crippen MR) is 70.9 cm³/mol. The monoisotopic (exact) mass is 290 g/mol. The van der Waals surface area contributed by atoms with E-state index in [0.29, 0.717) is 0 Å². The molecule has 0 bridgehead atoms. The molecule has 0 aromatic carbocycles. The van der Waals surface area contributed by atoms with E-state index < -0.39 is 23.9 Å². The average Bonchev–Trinajstić information content (AvgIpc) is 2.24. The van der Waals surface area contributed by atoms with E-state index in [1.54, 1.807) is 0 Å². The molecule has 19 heavy (non-hydrogen) atoms. The largest absolute Gasteiger partial charge is 0.368 e. The second-order valence-electron chi connectivity index (χ2n) is 3.85. The van der Waals surface area contributed by atoms with Gasteiger partial charge in [-0.3, -0.25) is 19.2 Å². The molecular formula is C10H18N4O4S. The van der Waals surface area contributed by atoms with Gasteiger partial charge in [0.05, 0.1) is 0 Å². The molecule has 0 rings (SSSR count). The molecule has 0 aromatic rings. The molecule has 6 N–H and O–H groups in total. The summed E-state index contributed by atoms with van der Waals surface area (Å²) in [5, 5.41) is 4.77. The lowest BCUT2D eigenvalue weighted by Gasteiger charge is -2.17. The quantitative estimate of drug-likeness (QED) is 0.397. The van der Waals surface area contributed by atoms with Crippen LogP contribution in [0.25, 0.3) is 0 Å². The van der Waals surface area contributed by atoms with Crippen LogP contribution in [0.15, 0.2) is 0 Å². The van der Waals surface area contributed by atoms with Gasteiger partial charge in [-0.05, 0) is 0 Å². The Morgan fingerprint density at radius 2 is 1.21 bits per heavy atom. The van der Waals surface area contributed by atoms with Gasteiger partial charge in [0.1, 0.15) is 12.1 Å². The fourth-order valence-corrected chi connectivity index (χ4v) is 2.29. The van der Waals surface area contributed by atoms with Crippen molar-refractivity contribution in [2.24, 2.45) is 11.5 Å². The predicted octanol–water partition coefficient (Wildman–Crippen LogP) is -2.30. The summed E-state index contributed by atoms with van der Waals surface area (Å²) in [5.41, 5.74) is 10.2. The molecule has 0 spiro atoms. The van der Waals surface area contributed by atoms with E-state index in [1.807, 2.05) is 0 Å². The zero-order valence-electron chi connectivity index (χ0n) is 10.8. The van der Waals surface area contributed by atoms with Crippen molar-refractivity contribution in [2.75, 3.05) is 11.5 Å². The first kappa shape index (κ1) is 17.2. The lowest BCUT2D eigenvalue weighted by molar-refractivity contribution is -0.125. The highest BCUT2D eigenvalue weighted by molar-refractivity contribution is 7.99. The minimum absolute atomic E-state index is 0.193. The number of carbonyl (C=O) groups is 4. The van der Waals surface area contributed by atoms with Crippen LogP contribution in [0.2, 0.25) is 0 Å². The fraction of sp³-hybridized carbons (Fsp3) is 0.600. The number of hydrogen-bond donors (Lipinski definition) is 4. The molecule has 8 nitrogen and oxygen atoms in total. The first-order chi connectivity index (χ1) is 8.73. The van der Waals surface area contributed by atoms with Crippen LogP contribution in [0.5, 0.6) is 0 Å². The Morgan fingerprint density at radius 1 is 0.895 bits per heavy atom. The maximum absolute atomic E-state index is 11.1. The molecule has 0 saturated heterocycles. The summed E-state index contributed by atoms with van der Waals surface area (Å²) in [7, 11) is 0. The third-order valence-corrected chi connectivity index (χ3v) is 3.15. The van der Waals surface area contributed by atoms with E-state index in [4.69, 9.17) is 11.5 Å². The minimum Gasteiger partial charge on any atom is -0.368 e. The van der Waals surface area contributed by atoms with E-state index in [-0.39, 0.29) is 23.3 Å². The summed E-state index contributed by atoms with van der Waals surface area (Å²) >= 11 is 1.18. The number of rotatable bonds is 8. The Bertz CT molecular complexity index is 341. The van der Waals surface area contributed by atoms with Crippen molar-refractivity contribution in [3.05, 3.63) is 0 Å². The van der Waals surface area contributed by atoms with E-state index in [0.717, 1.165) is 0 Å². The Labute approximate surface area is 115 Å². The van der Waals surface area contributed by atoms with E-state index in [1.165, 1.54) is 25.6 Å². The number of thioether (sulfide) groups is 1. The molecule has 0 aliphatic rings. The van der Waals surface area contributed by atoms with Gasteiger partial charge < -0.3 is 22.1 Å². The molecule has 0 aromatic heterocycles. The van der Waals surface area contributed by atoms with Gasteiger partial charge in [0, 0.05) is 25.4 Å². The molecule has 4 amide bonds. The second kappa shape index (κ2) is 8.35. The van der Waals surface area contributed by atoms with Gasteiger partial charge in [-0.2, -0.15) is 11.8 Å². The Balaban J connectivity index is 4.28. The summed E-state index contributed by atoms with van der Waals surface area (Å²) in [4.78, 5) is 43.8. The number of carbonyl (C=O) groups excluding carboxylic acids is 4. The number of primary amides is 2. The van der Waals surface area contributed by atoms with E-state index in [2.05, 4.69) is 10.6 Å². The maximum atomic E-state index is 11.1. The number of hydrogen-bond acceptors (Lipinski definition) is 5. The van der Waals surface area contributed by atoms with Crippen molar-refractivity contribution in [2.45, 2.75) is 25.9 Å². The fourth-order valence-electron chi connectivity index (χ4n) is 1.18. The van der Waals surface area contributed by atoms with Gasteiger partial charge in [-0.25, -0.2) is 0 Å². The van der Waals surface area contributed by atoms with Crippen molar-refractivity contribution in [3.8, 4) is 0 Å². The second-order valence-corrected chi connectivity index (χ2v) is 4.92. The molecule has 9 heteroatoms. The molecule has 0 saturated carbocycles. The highest BCUT2D eigenvalue weighted by Crippen LogP contribution is 2.06. The van der Waals surface area contributed by atoms with Crippen LogP contribution in [0.4, 0.5) is 0 Å². The van der Waals surface area contributed by atoms with E-state index in [9.17, 15) is 19.2 Å². The standard InChI is InChI=1S/C10H18N4O4S/c1-5(15)13-7(9(11)17)3-19-4-8(10(12)18)14-6(2)16/h7-8H,3-4H2,1-2H3,(H2,11,17)(H2,12,18)(H,13,15)(H,14,16). The molecule has 108 valence electrons. The Hall–Kier alpha value is -1.77. The zero-order chi connectivity index (χ0) is 15.0. The van der Waals surface area contributed by atoms with Crippen molar-refractivity contribution in [1.82, 2.24) is 10.6 Å². The molecule has 2 atom stereocenters. The lowest BCUT2D eigenvalue weighted by atomic mass is 10.3. The molecule has 2 unspecified atom stereocenters. The topological polar surface area (TPSA) is 144 Å². The normalized spacial score (nSPS) is 13.2. The SMILES string of the molecule is CC(=O)NC(CSCC(NC(C)=O)C(N)=O)C(N)=O.